The molecule has 0 unspecified atom stereocenters. The number of ether oxygens (including phenoxy) is 1. The molecule has 0 N–H and O–H groups in total. The maximum absolute atomic E-state index is 6.19. The average molecular weight is 289 g/mol. The first kappa shape index (κ1) is 15.7. The van der Waals surface area contributed by atoms with E-state index in [9.17, 15) is 0 Å². The normalized spacial score (nSPS) is 11.9. The van der Waals surface area contributed by atoms with Gasteiger partial charge in [0.15, 0.2) is 0 Å². The van der Waals surface area contributed by atoms with Gasteiger partial charge in [-0.1, -0.05) is 32.0 Å². The predicted octanol–water partition coefficient (Wildman–Crippen LogP) is 4.75. The minimum atomic E-state index is -0.0497. The van der Waals surface area contributed by atoms with Gasteiger partial charge in [-0.05, 0) is 30.4 Å². The van der Waals surface area contributed by atoms with Gasteiger partial charge >= 0.3 is 0 Å². The Kier molecular flexibility index (Phi) is 6.31. The number of methoxy groups -OCH3 is 1. The summed E-state index contributed by atoms with van der Waals surface area (Å²) in [7, 11) is 1.70. The predicted molar refractivity (Wildman–Crippen MR) is 80.0 cm³/mol. The molecule has 0 heterocycles. The Morgan fingerprint density at radius 3 is 2.28 bits per heavy atom. The van der Waals surface area contributed by atoms with E-state index in [1.807, 2.05) is 18.2 Å². The summed E-state index contributed by atoms with van der Waals surface area (Å²) >= 11 is 12.4. The molecule has 18 heavy (non-hydrogen) atoms. The van der Waals surface area contributed by atoms with Crippen molar-refractivity contribution in [2.45, 2.75) is 26.7 Å². The van der Waals surface area contributed by atoms with Crippen molar-refractivity contribution in [1.82, 2.24) is 0 Å². The van der Waals surface area contributed by atoms with Crippen molar-refractivity contribution in [3.63, 3.8) is 0 Å². The second-order valence-corrected chi connectivity index (χ2v) is 5.89. The minimum Gasteiger partial charge on any atom is -0.496 e. The maximum Gasteiger partial charge on any atom is 0.122 e. The molecule has 0 saturated heterocycles. The van der Waals surface area contributed by atoms with Crippen LogP contribution in [0, 0.1) is 11.3 Å². The van der Waals surface area contributed by atoms with E-state index in [-0.39, 0.29) is 5.41 Å². The van der Waals surface area contributed by atoms with Crippen LogP contribution >= 0.6 is 23.2 Å². The fourth-order valence-electron chi connectivity index (χ4n) is 2.43. The van der Waals surface area contributed by atoms with Crippen LogP contribution in [0.5, 0.6) is 5.75 Å². The second-order valence-electron chi connectivity index (χ2n) is 5.35. The fourth-order valence-corrected chi connectivity index (χ4v) is 3.12. The quantitative estimate of drug-likeness (QED) is 0.658. The van der Waals surface area contributed by atoms with Gasteiger partial charge in [0, 0.05) is 17.2 Å². The Morgan fingerprint density at radius 2 is 1.78 bits per heavy atom. The molecule has 0 aliphatic carbocycles. The van der Waals surface area contributed by atoms with Gasteiger partial charge in [0.05, 0.1) is 7.11 Å². The molecular formula is C15H22Cl2O. The SMILES string of the molecule is COc1ccccc1CC(CCl)(CCl)CC(C)C. The molecular weight excluding hydrogens is 267 g/mol. The third-order valence-corrected chi connectivity index (χ3v) is 4.30. The zero-order valence-corrected chi connectivity index (χ0v) is 12.9. The van der Waals surface area contributed by atoms with Crippen LogP contribution < -0.4 is 4.74 Å². The van der Waals surface area contributed by atoms with Gasteiger partial charge in [0.25, 0.3) is 0 Å². The minimum absolute atomic E-state index is 0.0497. The molecule has 1 rings (SSSR count). The smallest absolute Gasteiger partial charge is 0.122 e. The zero-order valence-electron chi connectivity index (χ0n) is 11.4. The zero-order chi connectivity index (χ0) is 13.6. The molecule has 0 spiro atoms. The largest absolute Gasteiger partial charge is 0.496 e. The first-order valence-electron chi connectivity index (χ1n) is 6.30. The van der Waals surface area contributed by atoms with E-state index in [4.69, 9.17) is 27.9 Å². The van der Waals surface area contributed by atoms with E-state index >= 15 is 0 Å². The average Bonchev–Trinajstić information content (AvgIpc) is 2.38. The van der Waals surface area contributed by atoms with Gasteiger partial charge in [0.2, 0.25) is 0 Å². The summed E-state index contributed by atoms with van der Waals surface area (Å²) in [6, 6.07) is 8.08. The summed E-state index contributed by atoms with van der Waals surface area (Å²) < 4.78 is 5.40. The summed E-state index contributed by atoms with van der Waals surface area (Å²) in [4.78, 5) is 0. The van der Waals surface area contributed by atoms with Crippen LogP contribution in [0.15, 0.2) is 24.3 Å². The number of hydrogen-bond donors (Lipinski definition) is 0. The summed E-state index contributed by atoms with van der Waals surface area (Å²) in [5.74, 6) is 2.65. The number of benzene rings is 1. The topological polar surface area (TPSA) is 9.23 Å². The molecule has 0 aromatic heterocycles. The Hall–Kier alpha value is -0.400. The van der Waals surface area contributed by atoms with Crippen molar-refractivity contribution in [3.05, 3.63) is 29.8 Å². The Bertz CT molecular complexity index is 359. The van der Waals surface area contributed by atoms with Gasteiger partial charge in [-0.15, -0.1) is 23.2 Å². The second kappa shape index (κ2) is 7.25. The van der Waals surface area contributed by atoms with Crippen LogP contribution in [-0.2, 0) is 6.42 Å². The van der Waals surface area contributed by atoms with Crippen molar-refractivity contribution >= 4 is 23.2 Å². The first-order valence-corrected chi connectivity index (χ1v) is 7.37. The van der Waals surface area contributed by atoms with Crippen LogP contribution in [0.1, 0.15) is 25.8 Å². The number of hydrogen-bond acceptors (Lipinski definition) is 1. The molecule has 0 atom stereocenters. The Labute approximate surface area is 120 Å². The van der Waals surface area contributed by atoms with Crippen molar-refractivity contribution in [3.8, 4) is 5.75 Å². The van der Waals surface area contributed by atoms with E-state index in [2.05, 4.69) is 19.9 Å². The van der Waals surface area contributed by atoms with Gasteiger partial charge in [-0.25, -0.2) is 0 Å². The molecule has 0 bridgehead atoms. The highest BCUT2D eigenvalue weighted by atomic mass is 35.5. The molecule has 0 aliphatic heterocycles. The molecule has 0 amide bonds. The van der Waals surface area contributed by atoms with E-state index in [1.54, 1.807) is 7.11 Å². The van der Waals surface area contributed by atoms with Crippen LogP contribution in [0.3, 0.4) is 0 Å². The monoisotopic (exact) mass is 288 g/mol. The van der Waals surface area contributed by atoms with E-state index in [0.717, 1.165) is 18.6 Å². The summed E-state index contributed by atoms with van der Waals surface area (Å²) in [5, 5.41) is 0. The standard InChI is InChI=1S/C15H22Cl2O/c1-12(2)8-15(10-16,11-17)9-13-6-4-5-7-14(13)18-3/h4-7,12H,8-11H2,1-3H3. The van der Waals surface area contributed by atoms with Crippen molar-refractivity contribution in [2.24, 2.45) is 11.3 Å². The highest BCUT2D eigenvalue weighted by Crippen LogP contribution is 2.36. The summed E-state index contributed by atoms with van der Waals surface area (Å²) in [5.41, 5.74) is 1.13. The Morgan fingerprint density at radius 1 is 1.17 bits per heavy atom. The van der Waals surface area contributed by atoms with Crippen LogP contribution in [-0.4, -0.2) is 18.9 Å². The molecule has 102 valence electrons. The molecule has 3 heteroatoms. The lowest BCUT2D eigenvalue weighted by atomic mass is 9.78. The molecule has 0 radical (unpaired) electrons. The molecule has 0 fully saturated rings. The highest BCUT2D eigenvalue weighted by Gasteiger charge is 2.30. The molecule has 1 nitrogen and oxygen atoms in total. The fraction of sp³-hybridized carbons (Fsp3) is 0.600. The number of alkyl halides is 2. The van der Waals surface area contributed by atoms with E-state index < -0.39 is 0 Å². The van der Waals surface area contributed by atoms with Crippen LogP contribution in [0.2, 0.25) is 0 Å². The lowest BCUT2D eigenvalue weighted by Gasteiger charge is -2.32. The third kappa shape index (κ3) is 4.07. The number of para-hydroxylation sites is 1. The Balaban J connectivity index is 2.95. The number of halogens is 2. The highest BCUT2D eigenvalue weighted by molar-refractivity contribution is 6.21. The van der Waals surface area contributed by atoms with Gasteiger partial charge in [-0.2, -0.15) is 0 Å². The lowest BCUT2D eigenvalue weighted by molar-refractivity contribution is 0.290. The van der Waals surface area contributed by atoms with Gasteiger partial charge < -0.3 is 4.74 Å². The van der Waals surface area contributed by atoms with E-state index in [0.29, 0.717) is 17.7 Å². The van der Waals surface area contributed by atoms with Crippen LogP contribution in [0.25, 0.3) is 0 Å². The maximum atomic E-state index is 6.19. The molecule has 1 aromatic carbocycles. The van der Waals surface area contributed by atoms with Crippen molar-refractivity contribution < 1.29 is 4.74 Å². The molecule has 0 aliphatic rings. The lowest BCUT2D eigenvalue weighted by Crippen LogP contribution is -2.30. The molecule has 0 saturated carbocycles. The summed E-state index contributed by atoms with van der Waals surface area (Å²) in [6.45, 7) is 4.41. The number of rotatable bonds is 7. The summed E-state index contributed by atoms with van der Waals surface area (Å²) in [6.07, 6.45) is 1.89. The first-order chi connectivity index (χ1) is 8.56. The van der Waals surface area contributed by atoms with Crippen molar-refractivity contribution in [1.29, 1.82) is 0 Å². The van der Waals surface area contributed by atoms with Gasteiger partial charge in [0.1, 0.15) is 5.75 Å². The van der Waals surface area contributed by atoms with E-state index in [1.165, 1.54) is 5.56 Å². The third-order valence-electron chi connectivity index (χ3n) is 3.17. The van der Waals surface area contributed by atoms with Gasteiger partial charge in [-0.3, -0.25) is 0 Å². The van der Waals surface area contributed by atoms with Crippen molar-refractivity contribution in [2.75, 3.05) is 18.9 Å². The molecule has 1 aromatic rings. The van der Waals surface area contributed by atoms with Crippen LogP contribution in [0.4, 0.5) is 0 Å².